The zero-order valence-corrected chi connectivity index (χ0v) is 6.64. The van der Waals surface area contributed by atoms with Crippen LogP contribution in [0.3, 0.4) is 0 Å². The molecule has 0 radical (unpaired) electrons. The third-order valence-corrected chi connectivity index (χ3v) is 1.61. The van der Waals surface area contributed by atoms with Gasteiger partial charge in [-0.3, -0.25) is 4.79 Å². The largest absolute Gasteiger partial charge is 0.298 e. The third-order valence-electron chi connectivity index (χ3n) is 1.36. The number of hydrogen-bond donors (Lipinski definition) is 0. The molecular formula is C9H7ClO. The van der Waals surface area contributed by atoms with Crippen molar-refractivity contribution in [2.45, 2.75) is 0 Å². The quantitative estimate of drug-likeness (QED) is 0.488. The number of aldehydes is 1. The highest BCUT2D eigenvalue weighted by Gasteiger charge is 1.94. The summed E-state index contributed by atoms with van der Waals surface area (Å²) in [6.07, 6.45) is 0.725. The third kappa shape index (κ3) is 1.92. The van der Waals surface area contributed by atoms with Crippen LogP contribution < -0.4 is 0 Å². The Morgan fingerprint density at radius 2 is 1.91 bits per heavy atom. The molecule has 0 fully saturated rings. The molecule has 0 aromatic heterocycles. The Balaban J connectivity index is 2.98. The van der Waals surface area contributed by atoms with E-state index in [4.69, 9.17) is 11.6 Å². The fraction of sp³-hybridized carbons (Fsp3) is 0. The first-order valence-electron chi connectivity index (χ1n) is 3.14. The Labute approximate surface area is 70.3 Å². The SMILES string of the molecule is C=C(C=O)c1ccc(Cl)cc1. The molecule has 0 amide bonds. The number of benzene rings is 1. The Morgan fingerprint density at radius 1 is 1.36 bits per heavy atom. The zero-order valence-electron chi connectivity index (χ0n) is 5.88. The van der Waals surface area contributed by atoms with Crippen LogP contribution in [0.15, 0.2) is 30.8 Å². The van der Waals surface area contributed by atoms with Crippen LogP contribution in [0.4, 0.5) is 0 Å². The summed E-state index contributed by atoms with van der Waals surface area (Å²) in [5, 5.41) is 0.660. The summed E-state index contributed by atoms with van der Waals surface area (Å²) in [6.45, 7) is 3.56. The molecule has 0 aliphatic rings. The number of carbonyl (C=O) groups excluding carboxylic acids is 1. The van der Waals surface area contributed by atoms with Crippen LogP contribution in [0.1, 0.15) is 5.56 Å². The van der Waals surface area contributed by atoms with Gasteiger partial charge in [0.15, 0.2) is 0 Å². The second-order valence-corrected chi connectivity index (χ2v) is 2.59. The van der Waals surface area contributed by atoms with Gasteiger partial charge in [-0.2, -0.15) is 0 Å². The van der Waals surface area contributed by atoms with Gasteiger partial charge in [-0.1, -0.05) is 30.3 Å². The van der Waals surface area contributed by atoms with Crippen molar-refractivity contribution >= 4 is 23.5 Å². The predicted molar refractivity (Wildman–Crippen MR) is 46.6 cm³/mol. The van der Waals surface area contributed by atoms with Crippen molar-refractivity contribution in [3.05, 3.63) is 41.4 Å². The highest BCUT2D eigenvalue weighted by atomic mass is 35.5. The Morgan fingerprint density at radius 3 is 2.36 bits per heavy atom. The van der Waals surface area contributed by atoms with E-state index in [-0.39, 0.29) is 0 Å². The first kappa shape index (κ1) is 8.02. The topological polar surface area (TPSA) is 17.1 Å². The smallest absolute Gasteiger partial charge is 0.150 e. The monoisotopic (exact) mass is 166 g/mol. The van der Waals surface area contributed by atoms with Gasteiger partial charge in [0.05, 0.1) is 0 Å². The minimum atomic E-state index is 0.474. The predicted octanol–water partition coefficient (Wildman–Crippen LogP) is 2.55. The number of hydrogen-bond acceptors (Lipinski definition) is 1. The van der Waals surface area contributed by atoms with Crippen LogP contribution in [0.25, 0.3) is 5.57 Å². The maximum absolute atomic E-state index is 10.3. The number of allylic oxidation sites excluding steroid dienone is 1. The van der Waals surface area contributed by atoms with E-state index >= 15 is 0 Å². The summed E-state index contributed by atoms with van der Waals surface area (Å²) in [6, 6.07) is 6.98. The highest BCUT2D eigenvalue weighted by molar-refractivity contribution is 6.30. The summed E-state index contributed by atoms with van der Waals surface area (Å²) in [7, 11) is 0. The van der Waals surface area contributed by atoms with Crippen molar-refractivity contribution in [1.29, 1.82) is 0 Å². The van der Waals surface area contributed by atoms with E-state index in [1.807, 2.05) is 0 Å². The molecule has 1 rings (SSSR count). The number of halogens is 1. The molecule has 0 spiro atoms. The molecule has 0 saturated heterocycles. The minimum Gasteiger partial charge on any atom is -0.298 e. The molecule has 11 heavy (non-hydrogen) atoms. The molecule has 0 heterocycles. The van der Waals surface area contributed by atoms with E-state index < -0.39 is 0 Å². The average molecular weight is 167 g/mol. The average Bonchev–Trinajstić information content (AvgIpc) is 2.05. The number of rotatable bonds is 2. The van der Waals surface area contributed by atoms with E-state index in [1.54, 1.807) is 24.3 Å². The van der Waals surface area contributed by atoms with Crippen LogP contribution in [-0.2, 0) is 4.79 Å². The summed E-state index contributed by atoms with van der Waals surface area (Å²) in [4.78, 5) is 10.3. The molecule has 0 aliphatic carbocycles. The maximum atomic E-state index is 10.3. The van der Waals surface area contributed by atoms with E-state index in [0.29, 0.717) is 10.6 Å². The van der Waals surface area contributed by atoms with Crippen molar-refractivity contribution < 1.29 is 4.79 Å². The lowest BCUT2D eigenvalue weighted by atomic mass is 10.1. The van der Waals surface area contributed by atoms with Crippen LogP contribution in [0.5, 0.6) is 0 Å². The molecule has 0 aliphatic heterocycles. The summed E-state index contributed by atoms with van der Waals surface area (Å²) >= 11 is 5.64. The van der Waals surface area contributed by atoms with Crippen molar-refractivity contribution in [3.8, 4) is 0 Å². The fourth-order valence-electron chi connectivity index (χ4n) is 0.732. The van der Waals surface area contributed by atoms with Crippen LogP contribution in [0.2, 0.25) is 5.02 Å². The molecule has 56 valence electrons. The normalized spacial score (nSPS) is 9.18. The minimum absolute atomic E-state index is 0.474. The fourth-order valence-corrected chi connectivity index (χ4v) is 0.858. The maximum Gasteiger partial charge on any atom is 0.150 e. The van der Waals surface area contributed by atoms with E-state index in [9.17, 15) is 4.79 Å². The van der Waals surface area contributed by atoms with E-state index in [0.717, 1.165) is 11.8 Å². The lowest BCUT2D eigenvalue weighted by Crippen LogP contribution is -1.81. The lowest BCUT2D eigenvalue weighted by Gasteiger charge is -1.96. The summed E-state index contributed by atoms with van der Waals surface area (Å²) in [5.41, 5.74) is 1.28. The van der Waals surface area contributed by atoms with E-state index in [2.05, 4.69) is 6.58 Å². The molecule has 1 nitrogen and oxygen atoms in total. The van der Waals surface area contributed by atoms with Crippen molar-refractivity contribution in [2.75, 3.05) is 0 Å². The van der Waals surface area contributed by atoms with Gasteiger partial charge in [0.25, 0.3) is 0 Å². The second kappa shape index (κ2) is 3.35. The van der Waals surface area contributed by atoms with Gasteiger partial charge in [-0.15, -0.1) is 0 Å². The van der Waals surface area contributed by atoms with Gasteiger partial charge < -0.3 is 0 Å². The molecule has 0 N–H and O–H groups in total. The van der Waals surface area contributed by atoms with Gasteiger partial charge in [-0.25, -0.2) is 0 Å². The molecule has 1 aromatic rings. The van der Waals surface area contributed by atoms with Crippen LogP contribution in [0, 0.1) is 0 Å². The standard InChI is InChI=1S/C9H7ClO/c1-7(6-11)8-2-4-9(10)5-3-8/h2-6H,1H2. The zero-order chi connectivity index (χ0) is 8.27. The van der Waals surface area contributed by atoms with Gasteiger partial charge in [-0.05, 0) is 17.7 Å². The van der Waals surface area contributed by atoms with Crippen LogP contribution >= 0.6 is 11.6 Å². The Bertz CT molecular complexity index is 274. The summed E-state index contributed by atoms with van der Waals surface area (Å²) in [5.74, 6) is 0. The molecule has 0 unspecified atom stereocenters. The molecule has 2 heteroatoms. The van der Waals surface area contributed by atoms with Gasteiger partial charge in [0, 0.05) is 10.6 Å². The van der Waals surface area contributed by atoms with Crippen molar-refractivity contribution in [1.82, 2.24) is 0 Å². The number of carbonyl (C=O) groups is 1. The summed E-state index contributed by atoms with van der Waals surface area (Å²) < 4.78 is 0. The second-order valence-electron chi connectivity index (χ2n) is 2.15. The first-order chi connectivity index (χ1) is 5.24. The first-order valence-corrected chi connectivity index (χ1v) is 3.52. The van der Waals surface area contributed by atoms with Crippen LogP contribution in [-0.4, -0.2) is 6.29 Å². The molecule has 1 aromatic carbocycles. The van der Waals surface area contributed by atoms with Gasteiger partial charge >= 0.3 is 0 Å². The van der Waals surface area contributed by atoms with Gasteiger partial charge in [0.1, 0.15) is 6.29 Å². The van der Waals surface area contributed by atoms with Crippen molar-refractivity contribution in [2.24, 2.45) is 0 Å². The molecule has 0 bridgehead atoms. The highest BCUT2D eigenvalue weighted by Crippen LogP contribution is 2.13. The molecule has 0 atom stereocenters. The Kier molecular flexibility index (Phi) is 2.44. The van der Waals surface area contributed by atoms with Crippen molar-refractivity contribution in [3.63, 3.8) is 0 Å². The lowest BCUT2D eigenvalue weighted by molar-refractivity contribution is -0.103. The van der Waals surface area contributed by atoms with E-state index in [1.165, 1.54) is 0 Å². The molecular weight excluding hydrogens is 160 g/mol. The molecule has 0 saturated carbocycles. The van der Waals surface area contributed by atoms with Gasteiger partial charge in [0.2, 0.25) is 0 Å². The Hall–Kier alpha value is -1.08.